The molecule has 0 aliphatic carbocycles. The molecule has 0 radical (unpaired) electrons. The summed E-state index contributed by atoms with van der Waals surface area (Å²) in [5.74, 6) is 0. The number of hydrogen-bond donors (Lipinski definition) is 1. The summed E-state index contributed by atoms with van der Waals surface area (Å²) in [5.41, 5.74) is 0.981. The predicted octanol–water partition coefficient (Wildman–Crippen LogP) is 4.84. The Bertz CT molecular complexity index is 690. The van der Waals surface area contributed by atoms with E-state index in [-0.39, 0.29) is 5.02 Å². The van der Waals surface area contributed by atoms with Gasteiger partial charge in [0.05, 0.1) is 27.9 Å². The zero-order valence-corrected chi connectivity index (χ0v) is 11.5. The second-order valence-corrected chi connectivity index (χ2v) is 4.77. The second-order valence-electron chi connectivity index (χ2n) is 4.36. The van der Waals surface area contributed by atoms with Crippen LogP contribution in [0.3, 0.4) is 0 Å². The number of nitrogens with one attached hydrogen (secondary N) is 1. The number of hydrogen-bond acceptors (Lipinski definition) is 2. The van der Waals surface area contributed by atoms with Gasteiger partial charge in [-0.05, 0) is 35.9 Å². The van der Waals surface area contributed by atoms with Crippen LogP contribution in [-0.2, 0) is 12.7 Å². The molecule has 0 aliphatic heterocycles. The van der Waals surface area contributed by atoms with Gasteiger partial charge in [-0.25, -0.2) is 0 Å². The Morgan fingerprint density at radius 1 is 1.14 bits per heavy atom. The summed E-state index contributed by atoms with van der Waals surface area (Å²) in [6.45, 7) is 0.362. The van der Waals surface area contributed by atoms with Gasteiger partial charge in [-0.2, -0.15) is 18.4 Å². The first-order valence-electron chi connectivity index (χ1n) is 6.00. The van der Waals surface area contributed by atoms with Crippen LogP contribution >= 0.6 is 11.6 Å². The summed E-state index contributed by atoms with van der Waals surface area (Å²) in [5, 5.41) is 11.8. The van der Waals surface area contributed by atoms with Crippen LogP contribution in [0, 0.1) is 11.3 Å². The number of alkyl halides is 3. The lowest BCUT2D eigenvalue weighted by molar-refractivity contribution is -0.137. The molecule has 6 heteroatoms. The number of halogens is 4. The summed E-state index contributed by atoms with van der Waals surface area (Å²) >= 11 is 5.85. The maximum Gasteiger partial charge on any atom is 0.416 e. The molecule has 0 bridgehead atoms. The number of anilines is 1. The van der Waals surface area contributed by atoms with E-state index in [2.05, 4.69) is 5.32 Å². The van der Waals surface area contributed by atoms with Gasteiger partial charge in [-0.15, -0.1) is 0 Å². The van der Waals surface area contributed by atoms with E-state index in [4.69, 9.17) is 16.9 Å². The van der Waals surface area contributed by atoms with Crippen LogP contribution in [0.2, 0.25) is 5.02 Å². The molecule has 0 unspecified atom stereocenters. The van der Waals surface area contributed by atoms with E-state index >= 15 is 0 Å². The molecule has 0 amide bonds. The van der Waals surface area contributed by atoms with Crippen molar-refractivity contribution in [3.8, 4) is 6.07 Å². The summed E-state index contributed by atoms with van der Waals surface area (Å²) in [7, 11) is 0. The van der Waals surface area contributed by atoms with Gasteiger partial charge in [0.15, 0.2) is 0 Å². The molecule has 1 N–H and O–H groups in total. The second kappa shape index (κ2) is 6.06. The Kier molecular flexibility index (Phi) is 4.39. The fourth-order valence-electron chi connectivity index (χ4n) is 1.78. The highest BCUT2D eigenvalue weighted by Crippen LogP contribution is 2.33. The van der Waals surface area contributed by atoms with Crippen LogP contribution in [-0.4, -0.2) is 0 Å². The van der Waals surface area contributed by atoms with E-state index in [1.807, 2.05) is 12.1 Å². The van der Waals surface area contributed by atoms with E-state index < -0.39 is 11.7 Å². The van der Waals surface area contributed by atoms with E-state index in [9.17, 15) is 13.2 Å². The van der Waals surface area contributed by atoms with Crippen LogP contribution < -0.4 is 5.32 Å². The zero-order valence-electron chi connectivity index (χ0n) is 10.7. The average Bonchev–Trinajstić information content (AvgIpc) is 2.45. The Balaban J connectivity index is 2.12. The molecule has 0 spiro atoms. The van der Waals surface area contributed by atoms with E-state index in [0.29, 0.717) is 17.8 Å². The van der Waals surface area contributed by atoms with Crippen LogP contribution in [0.25, 0.3) is 0 Å². The lowest BCUT2D eigenvalue weighted by atomic mass is 10.1. The molecule has 108 valence electrons. The minimum Gasteiger partial charge on any atom is -0.380 e. The molecule has 0 saturated heterocycles. The molecule has 0 aliphatic rings. The first-order valence-corrected chi connectivity index (χ1v) is 6.37. The highest BCUT2D eigenvalue weighted by molar-refractivity contribution is 6.33. The molecular weight excluding hydrogens is 301 g/mol. The van der Waals surface area contributed by atoms with Gasteiger partial charge in [0.2, 0.25) is 0 Å². The molecule has 2 rings (SSSR count). The molecule has 0 aromatic heterocycles. The Morgan fingerprint density at radius 3 is 2.52 bits per heavy atom. The molecule has 0 atom stereocenters. The standard InChI is InChI=1S/C15H10ClF3N2/c16-13-7-12(15(17,18)19)4-5-14(13)21-9-11-3-1-2-10(6-11)8-20/h1-7,21H,9H2. The number of rotatable bonds is 3. The third-order valence-electron chi connectivity index (χ3n) is 2.84. The summed E-state index contributed by atoms with van der Waals surface area (Å²) in [4.78, 5) is 0. The maximum atomic E-state index is 12.5. The highest BCUT2D eigenvalue weighted by atomic mass is 35.5. The fourth-order valence-corrected chi connectivity index (χ4v) is 2.03. The monoisotopic (exact) mass is 310 g/mol. The Hall–Kier alpha value is -2.19. The lowest BCUT2D eigenvalue weighted by Crippen LogP contribution is -2.06. The molecule has 0 saturated carbocycles. The van der Waals surface area contributed by atoms with Gasteiger partial charge in [-0.1, -0.05) is 23.7 Å². The van der Waals surface area contributed by atoms with Crippen molar-refractivity contribution >= 4 is 17.3 Å². The predicted molar refractivity (Wildman–Crippen MR) is 74.9 cm³/mol. The summed E-state index contributed by atoms with van der Waals surface area (Å²) in [6, 6.07) is 12.1. The van der Waals surface area contributed by atoms with Crippen LogP contribution in [0.5, 0.6) is 0 Å². The van der Waals surface area contributed by atoms with Gasteiger partial charge >= 0.3 is 6.18 Å². The van der Waals surface area contributed by atoms with Crippen molar-refractivity contribution in [2.75, 3.05) is 5.32 Å². The Labute approximate surface area is 124 Å². The minimum absolute atomic E-state index is 0.00117. The van der Waals surface area contributed by atoms with E-state index in [0.717, 1.165) is 17.7 Å². The third kappa shape index (κ3) is 3.89. The van der Waals surface area contributed by atoms with Crippen LogP contribution in [0.1, 0.15) is 16.7 Å². The number of nitrogens with zero attached hydrogens (tertiary/aromatic N) is 1. The lowest BCUT2D eigenvalue weighted by Gasteiger charge is -2.12. The maximum absolute atomic E-state index is 12.5. The average molecular weight is 311 g/mol. The van der Waals surface area contributed by atoms with E-state index in [1.165, 1.54) is 6.07 Å². The largest absolute Gasteiger partial charge is 0.416 e. The summed E-state index contributed by atoms with van der Waals surface area (Å²) in [6.07, 6.45) is -4.41. The van der Waals surface area contributed by atoms with Crippen molar-refractivity contribution in [3.63, 3.8) is 0 Å². The van der Waals surface area contributed by atoms with E-state index in [1.54, 1.807) is 18.2 Å². The first-order chi connectivity index (χ1) is 9.90. The van der Waals surface area contributed by atoms with Crippen molar-refractivity contribution in [1.82, 2.24) is 0 Å². The van der Waals surface area contributed by atoms with Crippen molar-refractivity contribution in [2.45, 2.75) is 12.7 Å². The van der Waals surface area contributed by atoms with Gasteiger partial charge in [0.25, 0.3) is 0 Å². The molecule has 0 fully saturated rings. The SMILES string of the molecule is N#Cc1cccc(CNc2ccc(C(F)(F)F)cc2Cl)c1. The molecule has 21 heavy (non-hydrogen) atoms. The van der Waals surface area contributed by atoms with Crippen molar-refractivity contribution in [2.24, 2.45) is 0 Å². The molecule has 0 heterocycles. The fraction of sp³-hybridized carbons (Fsp3) is 0.133. The van der Waals surface area contributed by atoms with Crippen molar-refractivity contribution in [1.29, 1.82) is 5.26 Å². The van der Waals surface area contributed by atoms with Gasteiger partial charge in [0.1, 0.15) is 0 Å². The smallest absolute Gasteiger partial charge is 0.380 e. The quantitative estimate of drug-likeness (QED) is 0.880. The van der Waals surface area contributed by atoms with Gasteiger partial charge in [0, 0.05) is 6.54 Å². The van der Waals surface area contributed by atoms with Gasteiger partial charge in [-0.3, -0.25) is 0 Å². The minimum atomic E-state index is -4.41. The number of benzene rings is 2. The van der Waals surface area contributed by atoms with Crippen LogP contribution in [0.15, 0.2) is 42.5 Å². The van der Waals surface area contributed by atoms with Crippen LogP contribution in [0.4, 0.5) is 18.9 Å². The topological polar surface area (TPSA) is 35.8 Å². The molecule has 2 aromatic rings. The highest BCUT2D eigenvalue weighted by Gasteiger charge is 2.30. The Morgan fingerprint density at radius 2 is 1.90 bits per heavy atom. The van der Waals surface area contributed by atoms with Crippen molar-refractivity contribution < 1.29 is 13.2 Å². The first kappa shape index (κ1) is 15.2. The zero-order chi connectivity index (χ0) is 15.5. The van der Waals surface area contributed by atoms with Gasteiger partial charge < -0.3 is 5.32 Å². The third-order valence-corrected chi connectivity index (χ3v) is 3.15. The normalized spacial score (nSPS) is 11.0. The summed E-state index contributed by atoms with van der Waals surface area (Å²) < 4.78 is 37.6. The number of nitriles is 1. The molecular formula is C15H10ClF3N2. The van der Waals surface area contributed by atoms with Crippen molar-refractivity contribution in [3.05, 3.63) is 64.2 Å². The molecule has 2 nitrogen and oxygen atoms in total. The molecule has 2 aromatic carbocycles.